The van der Waals surface area contributed by atoms with E-state index < -0.39 is 81.7 Å². The van der Waals surface area contributed by atoms with Gasteiger partial charge in [0.1, 0.15) is 17.5 Å². The second-order valence-corrected chi connectivity index (χ2v) is 11.1. The normalized spacial score (nSPS) is 60.4. The maximum Gasteiger partial charge on any atom is 0.342 e. The summed E-state index contributed by atoms with van der Waals surface area (Å²) in [5.74, 6) is -4.38. The summed E-state index contributed by atoms with van der Waals surface area (Å²) in [7, 11) is 0. The first-order valence-corrected chi connectivity index (χ1v) is 10.5. The Morgan fingerprint density at radius 3 is 2.40 bits per heavy atom. The van der Waals surface area contributed by atoms with Crippen LogP contribution in [0.2, 0.25) is 0 Å². The number of Topliss-reactive ketones (excluding diaryl/α,β-unsaturated/α-hetero) is 1. The molecule has 0 amide bonds. The minimum absolute atomic E-state index is 0.114. The van der Waals surface area contributed by atoms with Crippen molar-refractivity contribution in [1.82, 2.24) is 0 Å². The summed E-state index contributed by atoms with van der Waals surface area (Å²) in [6.07, 6.45) is -5.09. The number of fused-ring (bicyclic) bond motifs is 1. The van der Waals surface area contributed by atoms with Gasteiger partial charge in [0.05, 0.1) is 16.9 Å². The number of rotatable bonds is 0. The van der Waals surface area contributed by atoms with Crippen molar-refractivity contribution in [3.63, 3.8) is 0 Å². The van der Waals surface area contributed by atoms with Crippen LogP contribution in [0.3, 0.4) is 0 Å². The average Bonchev–Trinajstić information content (AvgIpc) is 3.35. The van der Waals surface area contributed by atoms with E-state index in [4.69, 9.17) is 14.2 Å². The van der Waals surface area contributed by atoms with Gasteiger partial charge in [-0.25, -0.2) is 9.59 Å². The topological polar surface area (TPSA) is 140 Å². The Bertz CT molecular complexity index is 924. The molecule has 1 unspecified atom stereocenters. The highest BCUT2D eigenvalue weighted by atomic mass is 16.8. The van der Waals surface area contributed by atoms with Crippen LogP contribution in [0.25, 0.3) is 0 Å². The lowest BCUT2D eigenvalue weighted by atomic mass is 9.51. The Balaban J connectivity index is 1.72. The highest BCUT2D eigenvalue weighted by Crippen LogP contribution is 2.85. The number of carbonyl (C=O) groups is 3. The molecule has 3 N–H and O–H groups in total. The molecule has 3 saturated heterocycles. The first-order chi connectivity index (χ1) is 13.8. The summed E-state index contributed by atoms with van der Waals surface area (Å²) in [6.45, 7) is 7.36. The van der Waals surface area contributed by atoms with E-state index in [-0.39, 0.29) is 18.6 Å². The molecular weight excluding hydrogens is 396 g/mol. The molecule has 9 nitrogen and oxygen atoms in total. The zero-order chi connectivity index (χ0) is 21.8. The largest absolute Gasteiger partial charge is 0.459 e. The van der Waals surface area contributed by atoms with Gasteiger partial charge in [-0.05, 0) is 17.8 Å². The molecule has 11 atom stereocenters. The van der Waals surface area contributed by atoms with Crippen LogP contribution < -0.4 is 0 Å². The maximum atomic E-state index is 13.4. The van der Waals surface area contributed by atoms with Gasteiger partial charge in [-0.15, -0.1) is 0 Å². The molecule has 6 fully saturated rings. The average molecular weight is 422 g/mol. The Morgan fingerprint density at radius 1 is 1.10 bits per heavy atom. The lowest BCUT2D eigenvalue weighted by molar-refractivity contribution is -0.239. The van der Waals surface area contributed by atoms with Crippen LogP contribution in [0.5, 0.6) is 0 Å². The fraction of sp³-hybridized carbons (Fsp3) is 0.857. The Morgan fingerprint density at radius 2 is 1.77 bits per heavy atom. The van der Waals surface area contributed by atoms with Crippen LogP contribution in [0, 0.1) is 34.0 Å². The summed E-state index contributed by atoms with van der Waals surface area (Å²) in [4.78, 5) is 38.5. The minimum atomic E-state index is -2.09. The third-order valence-electron chi connectivity index (χ3n) is 9.53. The summed E-state index contributed by atoms with van der Waals surface area (Å²) < 4.78 is 17.3. The predicted octanol–water partition coefficient (Wildman–Crippen LogP) is -0.706. The van der Waals surface area contributed by atoms with Crippen molar-refractivity contribution in [2.45, 2.75) is 76.3 Å². The monoisotopic (exact) mass is 422 g/mol. The molecule has 0 aromatic heterocycles. The molecule has 6 aliphatic rings. The van der Waals surface area contributed by atoms with Gasteiger partial charge in [0.15, 0.2) is 6.10 Å². The quantitative estimate of drug-likeness (QED) is 0.432. The van der Waals surface area contributed by atoms with Gasteiger partial charge in [-0.3, -0.25) is 4.79 Å². The summed E-state index contributed by atoms with van der Waals surface area (Å²) in [5.41, 5.74) is -7.67. The number of carbonyl (C=O) groups excluding carboxylic acids is 3. The molecule has 3 aliphatic heterocycles. The highest BCUT2D eigenvalue weighted by Gasteiger charge is 3.02. The van der Waals surface area contributed by atoms with Crippen molar-refractivity contribution in [3.8, 4) is 0 Å². The van der Waals surface area contributed by atoms with Crippen molar-refractivity contribution in [2.75, 3.05) is 0 Å². The summed E-state index contributed by atoms with van der Waals surface area (Å²) in [5, 5.41) is 35.0. The molecule has 30 heavy (non-hydrogen) atoms. The molecule has 0 bridgehead atoms. The van der Waals surface area contributed by atoms with Gasteiger partial charge in [0.25, 0.3) is 0 Å². The third-order valence-corrected chi connectivity index (χ3v) is 9.53. The first kappa shape index (κ1) is 19.2. The van der Waals surface area contributed by atoms with E-state index in [1.54, 1.807) is 0 Å². The van der Waals surface area contributed by atoms with Crippen molar-refractivity contribution in [2.24, 2.45) is 34.0 Å². The maximum absolute atomic E-state index is 13.4. The fourth-order valence-corrected chi connectivity index (χ4v) is 8.68. The highest BCUT2D eigenvalue weighted by molar-refractivity contribution is 5.95. The second kappa shape index (κ2) is 4.77. The molecule has 9 heteroatoms. The van der Waals surface area contributed by atoms with Gasteiger partial charge in [0, 0.05) is 18.3 Å². The van der Waals surface area contributed by atoms with E-state index >= 15 is 0 Å². The molecule has 164 valence electrons. The van der Waals surface area contributed by atoms with E-state index in [0.717, 1.165) is 0 Å². The van der Waals surface area contributed by atoms with Crippen LogP contribution in [-0.4, -0.2) is 68.8 Å². The molecule has 0 radical (unpaired) electrons. The van der Waals surface area contributed by atoms with Gasteiger partial charge in [-0.1, -0.05) is 27.7 Å². The van der Waals surface area contributed by atoms with E-state index in [1.807, 2.05) is 20.8 Å². The minimum Gasteiger partial charge on any atom is -0.459 e. The van der Waals surface area contributed by atoms with Gasteiger partial charge < -0.3 is 29.5 Å². The van der Waals surface area contributed by atoms with Crippen molar-refractivity contribution in [3.05, 3.63) is 0 Å². The van der Waals surface area contributed by atoms with Crippen LogP contribution in [0.1, 0.15) is 40.5 Å². The van der Waals surface area contributed by atoms with Gasteiger partial charge in [-0.2, -0.15) is 0 Å². The van der Waals surface area contributed by atoms with Crippen LogP contribution in [-0.2, 0) is 28.6 Å². The molecule has 2 spiro atoms. The summed E-state index contributed by atoms with van der Waals surface area (Å²) >= 11 is 0. The number of ether oxygens (including phenoxy) is 3. The first-order valence-electron chi connectivity index (χ1n) is 10.5. The van der Waals surface area contributed by atoms with Gasteiger partial charge >= 0.3 is 11.9 Å². The molecule has 3 saturated carbocycles. The predicted molar refractivity (Wildman–Crippen MR) is 95.2 cm³/mol. The molecule has 6 rings (SSSR count). The molecule has 0 aromatic rings. The van der Waals surface area contributed by atoms with Gasteiger partial charge in [0.2, 0.25) is 11.9 Å². The van der Waals surface area contributed by atoms with Crippen LogP contribution in [0.4, 0.5) is 0 Å². The Labute approximate surface area is 172 Å². The molecule has 3 aliphatic carbocycles. The number of hydrogen-bond acceptors (Lipinski definition) is 9. The van der Waals surface area contributed by atoms with Crippen molar-refractivity contribution >= 4 is 17.7 Å². The zero-order valence-electron chi connectivity index (χ0n) is 17.2. The standard InChI is InChI=1S/C21H26O9/c1-7-9(22)5-8-12(23)19-11-6-10(17(2,3)4)18(19)13(24)14(25)29-16(18)30-21(19,15(26)28-11)20(7,8)27/h7-8,10-13,16,23-24,27H,5-6H2,1-4H3/t7-,8+,10+,11-,12+,13+,16+,18?,19+,20-,21+/m1/s1. The van der Waals surface area contributed by atoms with Crippen LogP contribution >= 0.6 is 0 Å². The van der Waals surface area contributed by atoms with E-state index in [2.05, 4.69) is 0 Å². The summed E-state index contributed by atoms with van der Waals surface area (Å²) in [6, 6.07) is 0. The number of aliphatic hydroxyl groups is 3. The lowest BCUT2D eigenvalue weighted by Crippen LogP contribution is -2.67. The lowest BCUT2D eigenvalue weighted by Gasteiger charge is -2.48. The molecular formula is C21H26O9. The Kier molecular flexibility index (Phi) is 3.05. The Hall–Kier alpha value is -1.55. The van der Waals surface area contributed by atoms with E-state index in [9.17, 15) is 29.7 Å². The van der Waals surface area contributed by atoms with Crippen molar-refractivity contribution in [1.29, 1.82) is 0 Å². The number of ketones is 1. The zero-order valence-corrected chi connectivity index (χ0v) is 17.2. The van der Waals surface area contributed by atoms with E-state index in [0.29, 0.717) is 0 Å². The van der Waals surface area contributed by atoms with Crippen molar-refractivity contribution < 1.29 is 43.9 Å². The van der Waals surface area contributed by atoms with Crippen LogP contribution in [0.15, 0.2) is 0 Å². The fourth-order valence-electron chi connectivity index (χ4n) is 8.68. The second-order valence-electron chi connectivity index (χ2n) is 11.1. The third kappa shape index (κ3) is 1.35. The smallest absolute Gasteiger partial charge is 0.342 e. The molecule has 3 heterocycles. The number of esters is 2. The molecule has 0 aromatic carbocycles. The number of hydrogen-bond donors (Lipinski definition) is 3. The number of aliphatic hydroxyl groups excluding tert-OH is 2. The SMILES string of the molecule is C[C@@H]1C(=O)C[C@H]2[C@H](O)[C@@]34[C@H]5C[C@@H](C(C)(C)C)C36[C@@H](OC(=O)[C@@H]6O)O[C@]4(C(=O)O5)[C@@]12O. The van der Waals surface area contributed by atoms with E-state index in [1.165, 1.54) is 6.92 Å².